The van der Waals surface area contributed by atoms with Gasteiger partial charge in [-0.15, -0.1) is 0 Å². The average Bonchev–Trinajstić information content (AvgIpc) is 3.10. The van der Waals surface area contributed by atoms with E-state index in [9.17, 15) is 5.11 Å². The van der Waals surface area contributed by atoms with Crippen molar-refractivity contribution in [3.63, 3.8) is 0 Å². The number of H-pyrrole nitrogens is 1. The zero-order chi connectivity index (χ0) is 14.6. The highest BCUT2D eigenvalue weighted by Crippen LogP contribution is 2.30. The molecule has 0 saturated carbocycles. The van der Waals surface area contributed by atoms with Gasteiger partial charge in [0.25, 0.3) is 6.01 Å². The third kappa shape index (κ3) is 2.38. The number of ether oxygens (including phenoxy) is 3. The number of imidazole rings is 1. The number of hydrogen-bond acceptors (Lipinski definition) is 6. The molecular weight excluding hydrogens is 413 g/mol. The minimum absolute atomic E-state index is 0.269. The lowest BCUT2D eigenvalue weighted by molar-refractivity contribution is 0.00706. The first kappa shape index (κ1) is 13.9. The second-order valence-electron chi connectivity index (χ2n) is 4.99. The molecule has 2 N–H and O–H groups in total. The Hall–Kier alpha value is -0.680. The lowest BCUT2D eigenvalue weighted by Crippen LogP contribution is -2.34. The van der Waals surface area contributed by atoms with Gasteiger partial charge in [-0.1, -0.05) is 11.6 Å². The van der Waals surface area contributed by atoms with Gasteiger partial charge in [0.15, 0.2) is 11.8 Å². The van der Waals surface area contributed by atoms with Gasteiger partial charge in [0.2, 0.25) is 0 Å². The molecule has 4 rings (SSSR count). The third-order valence-corrected chi connectivity index (χ3v) is 5.04. The van der Waals surface area contributed by atoms with E-state index in [4.69, 9.17) is 25.8 Å². The smallest absolute Gasteiger partial charge is 0.296 e. The molecule has 0 spiro atoms. The second kappa shape index (κ2) is 5.20. The number of aliphatic hydroxyl groups is 1. The molecule has 9 heteroatoms. The number of aromatic nitrogens is 3. The van der Waals surface area contributed by atoms with Crippen LogP contribution in [0.15, 0.2) is 6.07 Å². The maximum absolute atomic E-state index is 9.70. The zero-order valence-electron chi connectivity index (χ0n) is 10.6. The Balaban J connectivity index is 1.57. The number of nitrogens with one attached hydrogen (secondary N) is 1. The van der Waals surface area contributed by atoms with Crippen molar-refractivity contribution in [2.75, 3.05) is 13.2 Å². The highest BCUT2D eigenvalue weighted by molar-refractivity contribution is 14.1. The number of pyridine rings is 1. The van der Waals surface area contributed by atoms with E-state index in [1.807, 2.05) is 22.6 Å². The van der Waals surface area contributed by atoms with Crippen molar-refractivity contribution in [2.24, 2.45) is 0 Å². The van der Waals surface area contributed by atoms with E-state index in [0.717, 1.165) is 0 Å². The first-order chi connectivity index (χ1) is 10.1. The van der Waals surface area contributed by atoms with Crippen LogP contribution in [0.4, 0.5) is 0 Å². The molecular formula is C12H11ClIN3O4. The topological polar surface area (TPSA) is 89.5 Å². The molecule has 2 aliphatic rings. The number of aromatic amines is 1. The molecule has 0 radical (unpaired) electrons. The van der Waals surface area contributed by atoms with Gasteiger partial charge < -0.3 is 24.3 Å². The minimum Gasteiger partial charge on any atom is -0.456 e. The standard InChI is InChI=1S/C12H11ClIN3O4/c13-4-1-5-11(16-10(4)14)17-12(15-5)21-7-3-20-8-6(18)2-19-9(7)8/h1,6-9,18H,2-3H2,(H,15,16,17)/t6-,7-,8?,9?/m1/s1. The van der Waals surface area contributed by atoms with Gasteiger partial charge in [-0.25, -0.2) is 4.98 Å². The molecule has 2 aromatic heterocycles. The van der Waals surface area contributed by atoms with Gasteiger partial charge in [0, 0.05) is 0 Å². The van der Waals surface area contributed by atoms with Gasteiger partial charge in [-0.2, -0.15) is 4.98 Å². The molecule has 0 bridgehead atoms. The predicted octanol–water partition coefficient (Wildman–Crippen LogP) is 1.12. The van der Waals surface area contributed by atoms with Gasteiger partial charge in [0.05, 0.1) is 23.8 Å². The number of halogens is 2. The van der Waals surface area contributed by atoms with Crippen molar-refractivity contribution in [3.8, 4) is 6.01 Å². The van der Waals surface area contributed by atoms with Crippen molar-refractivity contribution >= 4 is 45.4 Å². The molecule has 112 valence electrons. The Morgan fingerprint density at radius 1 is 1.33 bits per heavy atom. The van der Waals surface area contributed by atoms with Crippen LogP contribution in [0, 0.1) is 3.70 Å². The van der Waals surface area contributed by atoms with E-state index in [1.54, 1.807) is 6.07 Å². The third-order valence-electron chi connectivity index (χ3n) is 3.61. The second-order valence-corrected chi connectivity index (χ2v) is 6.42. The van der Waals surface area contributed by atoms with Crippen LogP contribution in [0.2, 0.25) is 5.02 Å². The molecule has 0 amide bonds. The van der Waals surface area contributed by atoms with Crippen LogP contribution in [0.5, 0.6) is 6.01 Å². The highest BCUT2D eigenvalue weighted by atomic mass is 127. The van der Waals surface area contributed by atoms with Crippen molar-refractivity contribution < 1.29 is 19.3 Å². The lowest BCUT2D eigenvalue weighted by atomic mass is 10.1. The molecule has 4 heterocycles. The van der Waals surface area contributed by atoms with Crippen molar-refractivity contribution in [1.29, 1.82) is 0 Å². The highest BCUT2D eigenvalue weighted by Gasteiger charge is 2.48. The van der Waals surface area contributed by atoms with Crippen LogP contribution in [0.1, 0.15) is 0 Å². The van der Waals surface area contributed by atoms with Crippen molar-refractivity contribution in [3.05, 3.63) is 14.8 Å². The molecule has 7 nitrogen and oxygen atoms in total. The molecule has 2 aliphatic heterocycles. The summed E-state index contributed by atoms with van der Waals surface area (Å²) in [4.78, 5) is 11.6. The van der Waals surface area contributed by atoms with Gasteiger partial charge in [0.1, 0.15) is 22.0 Å². The Labute approximate surface area is 138 Å². The molecule has 4 atom stereocenters. The Morgan fingerprint density at radius 2 is 2.14 bits per heavy atom. The van der Waals surface area contributed by atoms with Crippen LogP contribution in [0.25, 0.3) is 11.2 Å². The normalized spacial score (nSPS) is 31.8. The van der Waals surface area contributed by atoms with Crippen LogP contribution in [0.3, 0.4) is 0 Å². The van der Waals surface area contributed by atoms with Crippen LogP contribution >= 0.6 is 34.2 Å². The lowest BCUT2D eigenvalue weighted by Gasteiger charge is -2.15. The maximum Gasteiger partial charge on any atom is 0.296 e. The Bertz CT molecular complexity index is 657. The van der Waals surface area contributed by atoms with E-state index in [0.29, 0.717) is 32.5 Å². The van der Waals surface area contributed by atoms with Crippen molar-refractivity contribution in [1.82, 2.24) is 15.0 Å². The number of fused-ring (bicyclic) bond motifs is 2. The summed E-state index contributed by atoms with van der Waals surface area (Å²) in [6.45, 7) is 0.625. The van der Waals surface area contributed by atoms with E-state index < -0.39 is 6.10 Å². The van der Waals surface area contributed by atoms with Crippen LogP contribution < -0.4 is 4.74 Å². The number of hydrogen-bond donors (Lipinski definition) is 2. The van der Waals surface area contributed by atoms with Gasteiger partial charge in [-0.05, 0) is 28.7 Å². The van der Waals surface area contributed by atoms with E-state index >= 15 is 0 Å². The summed E-state index contributed by atoms with van der Waals surface area (Å²) in [5.41, 5.74) is 1.25. The molecule has 2 aromatic rings. The first-order valence-corrected chi connectivity index (χ1v) is 7.87. The molecule has 2 saturated heterocycles. The molecule has 21 heavy (non-hydrogen) atoms. The summed E-state index contributed by atoms with van der Waals surface area (Å²) in [7, 11) is 0. The molecule has 2 fully saturated rings. The predicted molar refractivity (Wildman–Crippen MR) is 81.5 cm³/mol. The fraction of sp³-hybridized carbons (Fsp3) is 0.500. The monoisotopic (exact) mass is 423 g/mol. The SMILES string of the molecule is O[C@@H]1COC2C1OC[C@H]2Oc1nc2nc(I)c(Cl)cc2[nH]1. The largest absolute Gasteiger partial charge is 0.456 e. The summed E-state index contributed by atoms with van der Waals surface area (Å²) in [6.07, 6.45) is -1.50. The summed E-state index contributed by atoms with van der Waals surface area (Å²) < 4.78 is 17.5. The van der Waals surface area contributed by atoms with Gasteiger partial charge in [-0.3, -0.25) is 0 Å². The van der Waals surface area contributed by atoms with E-state index in [2.05, 4.69) is 15.0 Å². The minimum atomic E-state index is -0.596. The van der Waals surface area contributed by atoms with Crippen LogP contribution in [-0.4, -0.2) is 57.7 Å². The average molecular weight is 424 g/mol. The number of aliphatic hydroxyl groups excluding tert-OH is 1. The quantitative estimate of drug-likeness (QED) is 0.556. The molecule has 2 unspecified atom stereocenters. The fourth-order valence-electron chi connectivity index (χ4n) is 2.62. The van der Waals surface area contributed by atoms with Crippen molar-refractivity contribution in [2.45, 2.75) is 24.4 Å². The first-order valence-electron chi connectivity index (χ1n) is 6.41. The fourth-order valence-corrected chi connectivity index (χ4v) is 3.15. The Morgan fingerprint density at radius 3 is 3.00 bits per heavy atom. The zero-order valence-corrected chi connectivity index (χ0v) is 13.5. The number of nitrogens with zero attached hydrogens (tertiary/aromatic N) is 2. The summed E-state index contributed by atoms with van der Waals surface area (Å²) >= 11 is 8.08. The van der Waals surface area contributed by atoms with E-state index in [-0.39, 0.29) is 24.9 Å². The van der Waals surface area contributed by atoms with Crippen LogP contribution in [-0.2, 0) is 9.47 Å². The maximum atomic E-state index is 9.70. The Kier molecular flexibility index (Phi) is 3.45. The summed E-state index contributed by atoms with van der Waals surface area (Å²) in [5, 5.41) is 10.3. The molecule has 0 aliphatic carbocycles. The summed E-state index contributed by atoms with van der Waals surface area (Å²) in [5.74, 6) is 0. The van der Waals surface area contributed by atoms with E-state index in [1.165, 1.54) is 0 Å². The number of rotatable bonds is 2. The van der Waals surface area contributed by atoms with Gasteiger partial charge >= 0.3 is 0 Å². The summed E-state index contributed by atoms with van der Waals surface area (Å²) in [6, 6.07) is 2.10. The molecule has 0 aromatic carbocycles.